The average Bonchev–Trinajstić information content (AvgIpc) is 3.54. The topological polar surface area (TPSA) is 120 Å². The van der Waals surface area contributed by atoms with E-state index in [0.29, 0.717) is 38.8 Å². The van der Waals surface area contributed by atoms with Crippen molar-refractivity contribution < 1.29 is 23.2 Å². The van der Waals surface area contributed by atoms with Gasteiger partial charge in [-0.3, -0.25) is 9.59 Å². The van der Waals surface area contributed by atoms with Crippen molar-refractivity contribution in [3.8, 4) is 6.07 Å². The number of nitrogens with two attached hydrogens (primary N) is 1. The van der Waals surface area contributed by atoms with Crippen molar-refractivity contribution in [2.45, 2.75) is 69.5 Å². The maximum atomic E-state index is 14.3. The van der Waals surface area contributed by atoms with Gasteiger partial charge in [0.05, 0.1) is 17.4 Å². The predicted octanol–water partition coefficient (Wildman–Crippen LogP) is 2.78. The minimum Gasteiger partial charge on any atom is -0.351 e. The fourth-order valence-electron chi connectivity index (χ4n) is 5.46. The lowest BCUT2D eigenvalue weighted by molar-refractivity contribution is -0.141. The summed E-state index contributed by atoms with van der Waals surface area (Å²) in [7, 11) is 0. The Hall–Kier alpha value is -3.22. The van der Waals surface area contributed by atoms with Crippen molar-refractivity contribution in [3.05, 3.63) is 35.9 Å². The Kier molecular flexibility index (Phi) is 6.47. The summed E-state index contributed by atoms with van der Waals surface area (Å²) in [5.74, 6) is -5.12. The van der Waals surface area contributed by atoms with E-state index in [1.54, 1.807) is 4.90 Å². The molecule has 0 bridgehead atoms. The summed E-state index contributed by atoms with van der Waals surface area (Å²) >= 11 is 0. The number of nitrogens with one attached hydrogen (secondary N) is 1. The number of hydrogen-bond acceptors (Lipinski definition) is 4. The zero-order valence-electron chi connectivity index (χ0n) is 19.8. The lowest BCUT2D eigenvalue weighted by Crippen LogP contribution is -2.49. The largest absolute Gasteiger partial charge is 0.351 e. The molecular weight excluding hydrogens is 456 g/mol. The third-order valence-electron chi connectivity index (χ3n) is 7.65. The van der Waals surface area contributed by atoms with Crippen LogP contribution in [0.3, 0.4) is 0 Å². The highest BCUT2D eigenvalue weighted by Crippen LogP contribution is 2.48. The standard InChI is InChI=1S/C25H31F2N5O3/c1-23(26,27)13-18(20(33)30-25(16-28)7-8-25)19-14-24(9-11-31(12-10-24)22(29)35)21(34)32(19)15-17-5-3-2-4-6-17/h2-6,18-19H,7-15H2,1H3,(H2,29,35)(H,30,33)/t18-,19?/m0/s1. The smallest absolute Gasteiger partial charge is 0.314 e. The van der Waals surface area contributed by atoms with Crippen molar-refractivity contribution in [1.82, 2.24) is 15.1 Å². The summed E-state index contributed by atoms with van der Waals surface area (Å²) in [4.78, 5) is 41.8. The number of halogens is 2. The molecule has 2 atom stereocenters. The van der Waals surface area contributed by atoms with Gasteiger partial charge in [-0.1, -0.05) is 30.3 Å². The molecule has 3 fully saturated rings. The minimum atomic E-state index is -3.14. The molecule has 4 amide bonds. The number of carbonyl (C=O) groups is 3. The quantitative estimate of drug-likeness (QED) is 0.615. The van der Waals surface area contributed by atoms with E-state index in [4.69, 9.17) is 5.73 Å². The van der Waals surface area contributed by atoms with Gasteiger partial charge in [-0.05, 0) is 44.6 Å². The summed E-state index contributed by atoms with van der Waals surface area (Å²) in [6.07, 6.45) is 1.18. The van der Waals surface area contributed by atoms with E-state index in [-0.39, 0.29) is 18.9 Å². The fraction of sp³-hybridized carbons (Fsp3) is 0.600. The van der Waals surface area contributed by atoms with Gasteiger partial charge < -0.3 is 20.9 Å². The molecule has 35 heavy (non-hydrogen) atoms. The van der Waals surface area contributed by atoms with Gasteiger partial charge in [0, 0.05) is 32.1 Å². The molecule has 1 aromatic rings. The Balaban J connectivity index is 1.66. The number of hydrogen-bond donors (Lipinski definition) is 2. The Labute approximate surface area is 203 Å². The second-order valence-electron chi connectivity index (χ2n) is 10.4. The van der Waals surface area contributed by atoms with Crippen LogP contribution in [0.25, 0.3) is 0 Å². The number of alkyl halides is 2. The number of nitrogens with zero attached hydrogens (tertiary/aromatic N) is 3. The van der Waals surface area contributed by atoms with Crippen LogP contribution >= 0.6 is 0 Å². The van der Waals surface area contributed by atoms with Gasteiger partial charge in [-0.2, -0.15) is 5.26 Å². The van der Waals surface area contributed by atoms with Gasteiger partial charge in [0.15, 0.2) is 0 Å². The lowest BCUT2D eigenvalue weighted by Gasteiger charge is -2.37. The van der Waals surface area contributed by atoms with Gasteiger partial charge in [-0.15, -0.1) is 0 Å². The molecule has 0 aromatic heterocycles. The van der Waals surface area contributed by atoms with Crippen molar-refractivity contribution in [2.24, 2.45) is 17.1 Å². The third-order valence-corrected chi connectivity index (χ3v) is 7.65. The lowest BCUT2D eigenvalue weighted by atomic mass is 9.74. The number of amides is 4. The number of urea groups is 1. The molecule has 2 saturated heterocycles. The molecule has 1 unspecified atom stereocenters. The molecule has 2 heterocycles. The van der Waals surface area contributed by atoms with Crippen LogP contribution in [0.1, 0.15) is 51.0 Å². The van der Waals surface area contributed by atoms with Crippen LogP contribution in [0.2, 0.25) is 0 Å². The molecule has 3 N–H and O–H groups in total. The fourth-order valence-corrected chi connectivity index (χ4v) is 5.46. The van der Waals surface area contributed by atoms with Gasteiger partial charge in [-0.25, -0.2) is 13.6 Å². The van der Waals surface area contributed by atoms with Crippen LogP contribution in [0.4, 0.5) is 13.6 Å². The van der Waals surface area contributed by atoms with Crippen molar-refractivity contribution in [1.29, 1.82) is 5.26 Å². The minimum absolute atomic E-state index is 0.186. The Morgan fingerprint density at radius 2 is 1.86 bits per heavy atom. The van der Waals surface area contributed by atoms with Gasteiger partial charge in [0.1, 0.15) is 5.54 Å². The molecule has 188 valence electrons. The zero-order chi connectivity index (χ0) is 25.4. The van der Waals surface area contributed by atoms with E-state index in [1.165, 1.54) is 4.90 Å². The van der Waals surface area contributed by atoms with Crippen LogP contribution < -0.4 is 11.1 Å². The highest BCUT2D eigenvalue weighted by atomic mass is 19.3. The van der Waals surface area contributed by atoms with Crippen molar-refractivity contribution in [3.63, 3.8) is 0 Å². The second kappa shape index (κ2) is 9.10. The first kappa shape index (κ1) is 24.9. The summed E-state index contributed by atoms with van der Waals surface area (Å²) in [6, 6.07) is 9.97. The van der Waals surface area contributed by atoms with E-state index in [2.05, 4.69) is 11.4 Å². The summed E-state index contributed by atoms with van der Waals surface area (Å²) in [5, 5.41) is 12.1. The van der Waals surface area contributed by atoms with E-state index in [0.717, 1.165) is 12.5 Å². The molecule has 8 nitrogen and oxygen atoms in total. The maximum Gasteiger partial charge on any atom is 0.314 e. The summed E-state index contributed by atoms with van der Waals surface area (Å²) in [5.41, 5.74) is 4.39. The second-order valence-corrected chi connectivity index (χ2v) is 10.4. The molecule has 0 radical (unpaired) electrons. The van der Waals surface area contributed by atoms with E-state index in [1.807, 2.05) is 30.3 Å². The SMILES string of the molecule is CC(F)(F)C[C@H](C(=O)NC1(C#N)CC1)C1CC2(CCN(C(N)=O)CC2)C(=O)N1Cc1ccccc1. The normalized spacial score (nSPS) is 23.6. The molecule has 1 aliphatic carbocycles. The number of primary amides is 1. The highest BCUT2D eigenvalue weighted by molar-refractivity contribution is 5.88. The molecule has 4 rings (SSSR count). The van der Waals surface area contributed by atoms with Crippen LogP contribution in [0, 0.1) is 22.7 Å². The first-order chi connectivity index (χ1) is 16.5. The van der Waals surface area contributed by atoms with Gasteiger partial charge in [0.2, 0.25) is 17.7 Å². The predicted molar refractivity (Wildman–Crippen MR) is 123 cm³/mol. The van der Waals surface area contributed by atoms with Crippen LogP contribution in [-0.2, 0) is 16.1 Å². The van der Waals surface area contributed by atoms with E-state index in [9.17, 15) is 28.4 Å². The van der Waals surface area contributed by atoms with Crippen LogP contribution in [0.15, 0.2) is 30.3 Å². The molecule has 1 spiro atoms. The number of nitriles is 1. The van der Waals surface area contributed by atoms with Crippen LogP contribution in [-0.4, -0.2) is 58.2 Å². The number of piperidine rings is 1. The summed E-state index contributed by atoms with van der Waals surface area (Å²) in [6.45, 7) is 1.55. The highest BCUT2D eigenvalue weighted by Gasteiger charge is 2.57. The van der Waals surface area contributed by atoms with Gasteiger partial charge >= 0.3 is 6.03 Å². The number of carbonyl (C=O) groups excluding carboxylic acids is 3. The third kappa shape index (κ3) is 5.24. The first-order valence-corrected chi connectivity index (χ1v) is 12.0. The zero-order valence-corrected chi connectivity index (χ0v) is 19.8. The Bertz CT molecular complexity index is 1020. The maximum absolute atomic E-state index is 14.3. The number of likely N-dealkylation sites (tertiary alicyclic amines) is 2. The molecule has 3 aliphatic rings. The first-order valence-electron chi connectivity index (χ1n) is 12.0. The van der Waals surface area contributed by atoms with E-state index >= 15 is 0 Å². The molecule has 1 saturated carbocycles. The number of rotatable bonds is 7. The van der Waals surface area contributed by atoms with Crippen molar-refractivity contribution >= 4 is 17.8 Å². The molecular formula is C25H31F2N5O3. The Morgan fingerprint density at radius 1 is 1.23 bits per heavy atom. The number of benzene rings is 1. The monoisotopic (exact) mass is 487 g/mol. The van der Waals surface area contributed by atoms with Gasteiger partial charge in [0.25, 0.3) is 0 Å². The van der Waals surface area contributed by atoms with Crippen LogP contribution in [0.5, 0.6) is 0 Å². The molecule has 10 heteroatoms. The summed E-state index contributed by atoms with van der Waals surface area (Å²) < 4.78 is 28.7. The van der Waals surface area contributed by atoms with Crippen molar-refractivity contribution in [2.75, 3.05) is 13.1 Å². The van der Waals surface area contributed by atoms with E-state index < -0.39 is 47.2 Å². The molecule has 1 aromatic carbocycles. The Morgan fingerprint density at radius 3 is 2.37 bits per heavy atom. The molecule has 2 aliphatic heterocycles. The average molecular weight is 488 g/mol.